The number of halogens is 1. The van der Waals surface area contributed by atoms with Crippen molar-refractivity contribution in [2.75, 3.05) is 9.80 Å². The molecule has 0 unspecified atom stereocenters. The predicted molar refractivity (Wildman–Crippen MR) is 302 cm³/mol. The smallest absolute Gasteiger partial charge is 0.139 e. The fourth-order valence-corrected chi connectivity index (χ4v) is 11.9. The minimum atomic E-state index is -0.0846. The minimum Gasteiger partial charge on any atom is -0.456 e. The second kappa shape index (κ2) is 16.7. The molecule has 7 aromatic carbocycles. The van der Waals surface area contributed by atoms with Gasteiger partial charge in [0.1, 0.15) is 11.2 Å². The van der Waals surface area contributed by atoms with Crippen molar-refractivity contribution in [3.8, 4) is 11.1 Å². The van der Waals surface area contributed by atoms with Crippen LogP contribution in [0, 0.1) is 0 Å². The maximum atomic E-state index is 7.56. The summed E-state index contributed by atoms with van der Waals surface area (Å²) in [5, 5.41) is 2.90. The molecule has 0 bridgehead atoms. The average Bonchev–Trinajstić information content (AvgIpc) is 3.67. The molecule has 0 fully saturated rings. The van der Waals surface area contributed by atoms with Gasteiger partial charge in [0.15, 0.2) is 0 Å². The van der Waals surface area contributed by atoms with E-state index in [0.29, 0.717) is 5.02 Å². The molecule has 0 N–H and O–H groups in total. The number of hydrogen-bond donors (Lipinski definition) is 0. The quantitative estimate of drug-likeness (QED) is 0.159. The number of rotatable bonds is 7. The van der Waals surface area contributed by atoms with Crippen LogP contribution in [0.5, 0.6) is 0 Å². The summed E-state index contributed by atoms with van der Waals surface area (Å²) in [6.45, 7) is 33.0. The molecule has 0 radical (unpaired) electrons. The van der Waals surface area contributed by atoms with E-state index in [1.807, 2.05) is 0 Å². The van der Waals surface area contributed by atoms with E-state index in [1.165, 1.54) is 46.2 Å². The Balaban J connectivity index is 1.25. The van der Waals surface area contributed by atoms with Crippen LogP contribution < -0.4 is 9.80 Å². The highest BCUT2D eigenvalue weighted by Gasteiger charge is 2.40. The molecule has 4 heteroatoms. The van der Waals surface area contributed by atoms with E-state index in [-0.39, 0.29) is 32.5 Å². The summed E-state index contributed by atoms with van der Waals surface area (Å²) < 4.78 is 6.95. The lowest BCUT2D eigenvalue weighted by Gasteiger charge is -2.43. The number of benzene rings is 7. The SMILES string of the molecule is CC(C)(C)c1ccc(N(c2cc(Cl)cc(N(c3ccc4c(c3)C(C)(C)CCC4(C)C)c3ccc4c(c3)C(C)(C)CCC4(C)C)c2)c2ccc3c(c2)oc2c(C(C)(C)C)cccc23)c(-c2ccccc2)c1. The summed E-state index contributed by atoms with van der Waals surface area (Å²) in [4.78, 5) is 4.87. The molecule has 0 saturated heterocycles. The summed E-state index contributed by atoms with van der Waals surface area (Å²) in [6, 6.07) is 52.3. The Morgan fingerprint density at radius 3 is 1.53 bits per heavy atom. The molecule has 0 aliphatic heterocycles. The summed E-state index contributed by atoms with van der Waals surface area (Å²) in [5.74, 6) is 0. The highest BCUT2D eigenvalue weighted by Crippen LogP contribution is 2.53. The Kier molecular flexibility index (Phi) is 11.4. The van der Waals surface area contributed by atoms with Gasteiger partial charge in [0.25, 0.3) is 0 Å². The predicted octanol–water partition coefficient (Wildman–Crippen LogP) is 20.1. The zero-order valence-corrected chi connectivity index (χ0v) is 45.0. The summed E-state index contributed by atoms with van der Waals surface area (Å²) >= 11 is 7.56. The molecule has 70 heavy (non-hydrogen) atoms. The number of furan rings is 1. The molecule has 8 aromatic rings. The van der Waals surface area contributed by atoms with Crippen LogP contribution in [0.2, 0.25) is 5.02 Å². The first-order valence-electron chi connectivity index (χ1n) is 25.7. The fraction of sp³-hybridized carbons (Fsp3) is 0.364. The molecule has 0 amide bonds. The number of anilines is 6. The molecule has 2 aliphatic carbocycles. The Bertz CT molecular complexity index is 3230. The molecule has 0 spiro atoms. The van der Waals surface area contributed by atoms with Crippen LogP contribution in [0.3, 0.4) is 0 Å². The molecule has 360 valence electrons. The first kappa shape index (κ1) is 47.9. The second-order valence-corrected chi connectivity index (χ2v) is 25.8. The van der Waals surface area contributed by atoms with Gasteiger partial charge in [-0.25, -0.2) is 0 Å². The number of fused-ring (bicyclic) bond motifs is 5. The Morgan fingerprint density at radius 2 is 0.971 bits per heavy atom. The van der Waals surface area contributed by atoms with Gasteiger partial charge < -0.3 is 14.2 Å². The van der Waals surface area contributed by atoms with Crippen LogP contribution in [0.25, 0.3) is 33.1 Å². The van der Waals surface area contributed by atoms with E-state index in [2.05, 4.69) is 246 Å². The van der Waals surface area contributed by atoms with Gasteiger partial charge in [0.2, 0.25) is 0 Å². The van der Waals surface area contributed by atoms with Gasteiger partial charge in [-0.1, -0.05) is 175 Å². The summed E-state index contributed by atoms with van der Waals surface area (Å²) in [5.41, 5.74) is 18.7. The molecule has 1 heterocycles. The van der Waals surface area contributed by atoms with Gasteiger partial charge in [0.05, 0.1) is 5.69 Å². The van der Waals surface area contributed by atoms with Crippen LogP contribution in [0.4, 0.5) is 34.1 Å². The minimum absolute atomic E-state index is 0.0285. The van der Waals surface area contributed by atoms with E-state index in [9.17, 15) is 0 Å². The lowest BCUT2D eigenvalue weighted by Crippen LogP contribution is -2.34. The zero-order chi connectivity index (χ0) is 49.9. The molecular formula is C66H73ClN2O. The summed E-state index contributed by atoms with van der Waals surface area (Å²) in [7, 11) is 0. The van der Waals surface area contributed by atoms with E-state index in [4.69, 9.17) is 16.0 Å². The van der Waals surface area contributed by atoms with Crippen LogP contribution >= 0.6 is 11.6 Å². The van der Waals surface area contributed by atoms with Crippen LogP contribution in [-0.4, -0.2) is 0 Å². The molecule has 2 aliphatic rings. The first-order valence-corrected chi connectivity index (χ1v) is 26.1. The van der Waals surface area contributed by atoms with Crippen LogP contribution in [0.1, 0.15) is 156 Å². The van der Waals surface area contributed by atoms with E-state index >= 15 is 0 Å². The second-order valence-electron chi connectivity index (χ2n) is 25.4. The van der Waals surface area contributed by atoms with Gasteiger partial charge >= 0.3 is 0 Å². The van der Waals surface area contributed by atoms with Gasteiger partial charge in [0, 0.05) is 61.4 Å². The molecule has 1 aromatic heterocycles. The topological polar surface area (TPSA) is 19.6 Å². The third kappa shape index (κ3) is 8.44. The Labute approximate surface area is 423 Å². The zero-order valence-electron chi connectivity index (χ0n) is 44.3. The van der Waals surface area contributed by atoms with Crippen molar-refractivity contribution in [2.24, 2.45) is 0 Å². The maximum Gasteiger partial charge on any atom is 0.139 e. The molecule has 10 rings (SSSR count). The average molecular weight is 946 g/mol. The molecule has 0 saturated carbocycles. The van der Waals surface area contributed by atoms with Crippen LogP contribution in [0.15, 0.2) is 144 Å². The van der Waals surface area contributed by atoms with Gasteiger partial charge in [-0.3, -0.25) is 0 Å². The van der Waals surface area contributed by atoms with Crippen molar-refractivity contribution in [3.63, 3.8) is 0 Å². The number of para-hydroxylation sites is 1. The maximum absolute atomic E-state index is 7.56. The third-order valence-corrected chi connectivity index (χ3v) is 16.5. The van der Waals surface area contributed by atoms with E-state index in [0.717, 1.165) is 80.0 Å². The Hall–Kier alpha value is -5.77. The fourth-order valence-electron chi connectivity index (χ4n) is 11.7. The third-order valence-electron chi connectivity index (χ3n) is 16.3. The lowest BCUT2D eigenvalue weighted by atomic mass is 9.63. The Morgan fingerprint density at radius 1 is 0.443 bits per heavy atom. The van der Waals surface area contributed by atoms with E-state index < -0.39 is 0 Å². The molecular weight excluding hydrogens is 872 g/mol. The van der Waals surface area contributed by atoms with Crippen molar-refractivity contribution in [1.29, 1.82) is 0 Å². The lowest BCUT2D eigenvalue weighted by molar-refractivity contribution is 0.332. The van der Waals surface area contributed by atoms with Crippen molar-refractivity contribution in [3.05, 3.63) is 178 Å². The van der Waals surface area contributed by atoms with Crippen molar-refractivity contribution in [1.82, 2.24) is 0 Å². The first-order chi connectivity index (χ1) is 32.8. The molecule has 0 atom stereocenters. The molecule has 3 nitrogen and oxygen atoms in total. The van der Waals surface area contributed by atoms with Crippen LogP contribution in [-0.2, 0) is 32.5 Å². The van der Waals surface area contributed by atoms with Crippen molar-refractivity contribution in [2.45, 2.75) is 155 Å². The number of nitrogens with zero attached hydrogens (tertiary/aromatic N) is 2. The monoisotopic (exact) mass is 945 g/mol. The normalized spacial score (nSPS) is 17.0. The standard InChI is InChI=1S/C66H73ClN2O/c1-61(2,3)43-23-30-58(52(35-43)42-19-16-15-17-20-42)69(47-24-27-50-51-21-18-22-55(62(4,5)6)60(51)70-59(50)41-47)49-37-44(67)36-48(38-49)68(45-25-28-53-56(39-45)65(11,12)33-31-63(53,7)8)46-26-29-54-57(40-46)66(13,14)34-32-64(54,9)10/h15-30,35-41H,31-34H2,1-14H3. The largest absolute Gasteiger partial charge is 0.456 e. The highest BCUT2D eigenvalue weighted by atomic mass is 35.5. The van der Waals surface area contributed by atoms with Gasteiger partial charge in [-0.05, 0) is 158 Å². The van der Waals surface area contributed by atoms with Crippen molar-refractivity contribution >= 4 is 67.7 Å². The summed E-state index contributed by atoms with van der Waals surface area (Å²) in [6.07, 6.45) is 4.61. The highest BCUT2D eigenvalue weighted by molar-refractivity contribution is 6.31. The number of hydrogen-bond acceptors (Lipinski definition) is 3. The van der Waals surface area contributed by atoms with E-state index in [1.54, 1.807) is 0 Å². The van der Waals surface area contributed by atoms with Crippen molar-refractivity contribution < 1.29 is 4.42 Å². The van der Waals surface area contributed by atoms with Gasteiger partial charge in [-0.2, -0.15) is 0 Å². The van der Waals surface area contributed by atoms with Gasteiger partial charge in [-0.15, -0.1) is 0 Å².